The third-order valence-corrected chi connectivity index (χ3v) is 3.12. The highest BCUT2D eigenvalue weighted by atomic mass is 16.5. The Morgan fingerprint density at radius 3 is 2.95 bits per heavy atom. The number of benzene rings is 1. The number of hydrogen-bond donors (Lipinski definition) is 0. The van der Waals surface area contributed by atoms with E-state index in [0.717, 1.165) is 35.2 Å². The maximum atomic E-state index is 11.2. The summed E-state index contributed by atoms with van der Waals surface area (Å²) in [4.78, 5) is 11.2. The Bertz CT molecular complexity index is 686. The lowest BCUT2D eigenvalue weighted by atomic mass is 10.1. The van der Waals surface area contributed by atoms with Crippen LogP contribution in [0.25, 0.3) is 17.1 Å². The smallest absolute Gasteiger partial charge is 0.330 e. The van der Waals surface area contributed by atoms with Gasteiger partial charge in [-0.15, -0.1) is 5.10 Å². The van der Waals surface area contributed by atoms with Crippen molar-refractivity contribution in [3.05, 3.63) is 23.8 Å². The second-order valence-electron chi connectivity index (χ2n) is 4.77. The number of carbonyl (C=O) groups is 1. The number of aromatic nitrogens is 3. The molecule has 6 nitrogen and oxygen atoms in total. The minimum atomic E-state index is -0.395. The number of hydrogen-bond acceptors (Lipinski definition) is 5. The predicted octanol–water partition coefficient (Wildman–Crippen LogP) is 1.70. The predicted molar refractivity (Wildman–Crippen MR) is 73.2 cm³/mol. The van der Waals surface area contributed by atoms with E-state index in [0.29, 0.717) is 0 Å². The highest BCUT2D eigenvalue weighted by molar-refractivity contribution is 5.89. The molecule has 1 aromatic heterocycles. The van der Waals surface area contributed by atoms with Crippen LogP contribution in [0, 0.1) is 0 Å². The molecule has 2 aromatic rings. The molecule has 6 heteroatoms. The number of methoxy groups -OCH3 is 1. The van der Waals surface area contributed by atoms with E-state index in [1.165, 1.54) is 13.2 Å². The van der Waals surface area contributed by atoms with Crippen LogP contribution in [0.2, 0.25) is 0 Å². The van der Waals surface area contributed by atoms with Gasteiger partial charge in [0.25, 0.3) is 0 Å². The zero-order valence-electron chi connectivity index (χ0n) is 11.4. The minimum absolute atomic E-state index is 0.285. The summed E-state index contributed by atoms with van der Waals surface area (Å²) in [5.74, 6) is 0.357. The average molecular weight is 273 g/mol. The fraction of sp³-hybridized carbons (Fsp3) is 0.357. The van der Waals surface area contributed by atoms with Crippen molar-refractivity contribution in [2.45, 2.75) is 18.9 Å². The van der Waals surface area contributed by atoms with Crippen LogP contribution in [0.4, 0.5) is 0 Å². The summed E-state index contributed by atoms with van der Waals surface area (Å²) >= 11 is 0. The number of rotatable bonds is 4. The molecular formula is C14H15N3O3. The SMILES string of the molecule is COC(=O)C=Cc1cc(OC2CC2)c2c(c1)nnn2C. The molecule has 1 aliphatic carbocycles. The number of carbonyl (C=O) groups excluding carboxylic acids is 1. The van der Waals surface area contributed by atoms with Crippen LogP contribution >= 0.6 is 0 Å². The Morgan fingerprint density at radius 1 is 1.45 bits per heavy atom. The van der Waals surface area contributed by atoms with Crippen LogP contribution in [0.15, 0.2) is 18.2 Å². The maximum absolute atomic E-state index is 11.2. The van der Waals surface area contributed by atoms with Gasteiger partial charge in [0.15, 0.2) is 0 Å². The lowest BCUT2D eigenvalue weighted by Gasteiger charge is -2.07. The van der Waals surface area contributed by atoms with E-state index in [1.54, 1.807) is 10.8 Å². The van der Waals surface area contributed by atoms with Gasteiger partial charge >= 0.3 is 5.97 Å². The van der Waals surface area contributed by atoms with E-state index >= 15 is 0 Å². The van der Waals surface area contributed by atoms with Crippen LogP contribution in [0.5, 0.6) is 5.75 Å². The standard InChI is InChI=1S/C14H15N3O3/c1-17-14-11(15-16-17)7-9(3-6-13(18)19-2)8-12(14)20-10-4-5-10/h3,6-8,10H,4-5H2,1-2H3. The monoisotopic (exact) mass is 273 g/mol. The van der Waals surface area contributed by atoms with Crippen molar-refractivity contribution >= 4 is 23.1 Å². The maximum Gasteiger partial charge on any atom is 0.330 e. The first-order chi connectivity index (χ1) is 9.67. The molecule has 0 amide bonds. The van der Waals surface area contributed by atoms with E-state index in [2.05, 4.69) is 15.0 Å². The number of aryl methyl sites for hydroxylation is 1. The highest BCUT2D eigenvalue weighted by Crippen LogP contribution is 2.32. The molecule has 3 rings (SSSR count). The van der Waals surface area contributed by atoms with Gasteiger partial charge in [0.2, 0.25) is 0 Å². The molecule has 104 valence electrons. The van der Waals surface area contributed by atoms with Gasteiger partial charge in [-0.3, -0.25) is 0 Å². The Kier molecular flexibility index (Phi) is 3.14. The quantitative estimate of drug-likeness (QED) is 0.626. The van der Waals surface area contributed by atoms with Crippen molar-refractivity contribution in [1.29, 1.82) is 0 Å². The van der Waals surface area contributed by atoms with Gasteiger partial charge < -0.3 is 9.47 Å². The second-order valence-corrected chi connectivity index (χ2v) is 4.77. The Labute approximate surface area is 116 Å². The van der Waals surface area contributed by atoms with Gasteiger partial charge in [-0.05, 0) is 36.6 Å². The number of nitrogens with zero attached hydrogens (tertiary/aromatic N) is 3. The van der Waals surface area contributed by atoms with E-state index < -0.39 is 5.97 Å². The lowest BCUT2D eigenvalue weighted by molar-refractivity contribution is -0.134. The molecule has 1 aromatic carbocycles. The minimum Gasteiger partial charge on any atom is -0.488 e. The van der Waals surface area contributed by atoms with E-state index in [4.69, 9.17) is 4.74 Å². The summed E-state index contributed by atoms with van der Waals surface area (Å²) in [5.41, 5.74) is 2.45. The first-order valence-corrected chi connectivity index (χ1v) is 6.43. The molecule has 1 saturated carbocycles. The zero-order valence-corrected chi connectivity index (χ0v) is 11.4. The third-order valence-electron chi connectivity index (χ3n) is 3.12. The van der Waals surface area contributed by atoms with Crippen molar-refractivity contribution in [2.24, 2.45) is 7.05 Å². The summed E-state index contributed by atoms with van der Waals surface area (Å²) in [6, 6.07) is 3.75. The van der Waals surface area contributed by atoms with Crippen molar-refractivity contribution in [3.63, 3.8) is 0 Å². The van der Waals surface area contributed by atoms with Crippen LogP contribution in [0.3, 0.4) is 0 Å². The van der Waals surface area contributed by atoms with Crippen molar-refractivity contribution in [3.8, 4) is 5.75 Å². The number of fused-ring (bicyclic) bond motifs is 1. The van der Waals surface area contributed by atoms with Crippen LogP contribution in [0.1, 0.15) is 18.4 Å². The van der Waals surface area contributed by atoms with E-state index in [1.807, 2.05) is 19.2 Å². The lowest BCUT2D eigenvalue weighted by Crippen LogP contribution is -2.00. The van der Waals surface area contributed by atoms with Crippen molar-refractivity contribution in [2.75, 3.05) is 7.11 Å². The topological polar surface area (TPSA) is 66.2 Å². The molecule has 0 unspecified atom stereocenters. The molecule has 0 bridgehead atoms. The van der Waals surface area contributed by atoms with Gasteiger partial charge in [-0.1, -0.05) is 5.21 Å². The van der Waals surface area contributed by atoms with Gasteiger partial charge in [-0.2, -0.15) is 0 Å². The molecule has 1 heterocycles. The number of ether oxygens (including phenoxy) is 2. The number of esters is 1. The Hall–Kier alpha value is -2.37. The summed E-state index contributed by atoms with van der Waals surface area (Å²) in [5, 5.41) is 8.10. The molecule has 0 radical (unpaired) electrons. The normalized spacial score (nSPS) is 14.9. The highest BCUT2D eigenvalue weighted by Gasteiger charge is 2.25. The van der Waals surface area contributed by atoms with E-state index in [-0.39, 0.29) is 6.10 Å². The molecule has 0 saturated heterocycles. The first kappa shape index (κ1) is 12.7. The summed E-state index contributed by atoms with van der Waals surface area (Å²) in [7, 11) is 3.18. The molecule has 0 N–H and O–H groups in total. The first-order valence-electron chi connectivity index (χ1n) is 6.43. The largest absolute Gasteiger partial charge is 0.488 e. The van der Waals surface area contributed by atoms with Crippen molar-refractivity contribution < 1.29 is 14.3 Å². The third kappa shape index (κ3) is 2.49. The van der Waals surface area contributed by atoms with Crippen LogP contribution < -0.4 is 4.74 Å². The summed E-state index contributed by atoms with van der Waals surface area (Å²) in [6.07, 6.45) is 5.50. The molecule has 20 heavy (non-hydrogen) atoms. The molecule has 0 atom stereocenters. The molecule has 1 aliphatic rings. The molecule has 0 spiro atoms. The molecular weight excluding hydrogens is 258 g/mol. The van der Waals surface area contributed by atoms with Crippen LogP contribution in [-0.4, -0.2) is 34.2 Å². The van der Waals surface area contributed by atoms with Gasteiger partial charge in [-0.25, -0.2) is 9.48 Å². The average Bonchev–Trinajstić information content (AvgIpc) is 3.18. The Balaban J connectivity index is 2.01. The second kappa shape index (κ2) is 4.96. The van der Waals surface area contributed by atoms with Crippen molar-refractivity contribution in [1.82, 2.24) is 15.0 Å². The van der Waals surface area contributed by atoms with Gasteiger partial charge in [0, 0.05) is 13.1 Å². The summed E-state index contributed by atoms with van der Waals surface area (Å²) in [6.45, 7) is 0. The summed E-state index contributed by atoms with van der Waals surface area (Å²) < 4.78 is 12.2. The molecule has 1 fully saturated rings. The zero-order chi connectivity index (χ0) is 14.1. The van der Waals surface area contributed by atoms with Gasteiger partial charge in [0.1, 0.15) is 16.8 Å². The fourth-order valence-corrected chi connectivity index (χ4v) is 1.96. The Morgan fingerprint density at radius 2 is 2.25 bits per heavy atom. The molecule has 0 aliphatic heterocycles. The van der Waals surface area contributed by atoms with Crippen LogP contribution in [-0.2, 0) is 16.6 Å². The van der Waals surface area contributed by atoms with Gasteiger partial charge in [0.05, 0.1) is 13.2 Å². The fourth-order valence-electron chi connectivity index (χ4n) is 1.96. The van der Waals surface area contributed by atoms with E-state index in [9.17, 15) is 4.79 Å².